The Morgan fingerprint density at radius 1 is 1.07 bits per heavy atom. The predicted octanol–water partition coefficient (Wildman–Crippen LogP) is 6.00. The lowest BCUT2D eigenvalue weighted by atomic mass is 9.92. The van der Waals surface area contributed by atoms with E-state index in [9.17, 15) is 4.39 Å². The zero-order chi connectivity index (χ0) is 20.8. The summed E-state index contributed by atoms with van der Waals surface area (Å²) in [5.74, 6) is 1.12. The SMILES string of the molecule is COC1=CCCC(F)=C1c1cc(-c2ccccc2C)ccc1OCCCN(C)C. The van der Waals surface area contributed by atoms with Gasteiger partial charge in [-0.05, 0) is 68.8 Å². The number of hydrogen-bond donors (Lipinski definition) is 0. The van der Waals surface area contributed by atoms with Gasteiger partial charge >= 0.3 is 0 Å². The molecule has 0 saturated carbocycles. The average molecular weight is 396 g/mol. The van der Waals surface area contributed by atoms with Crippen molar-refractivity contribution in [1.82, 2.24) is 4.90 Å². The normalized spacial score (nSPS) is 14.2. The number of allylic oxidation sites excluding steroid dienone is 3. The Morgan fingerprint density at radius 3 is 2.59 bits per heavy atom. The first-order valence-electron chi connectivity index (χ1n) is 10.1. The quantitative estimate of drug-likeness (QED) is 0.512. The Morgan fingerprint density at radius 2 is 1.86 bits per heavy atom. The van der Waals surface area contributed by atoms with Crippen molar-refractivity contribution >= 4 is 5.57 Å². The van der Waals surface area contributed by atoms with Crippen LogP contribution in [0.25, 0.3) is 16.7 Å². The molecule has 0 spiro atoms. The molecule has 0 heterocycles. The molecular formula is C25H30FNO2. The average Bonchev–Trinajstić information content (AvgIpc) is 2.71. The first-order valence-corrected chi connectivity index (χ1v) is 10.1. The minimum absolute atomic E-state index is 0.149. The molecule has 1 aliphatic carbocycles. The van der Waals surface area contributed by atoms with Crippen LogP contribution in [0.15, 0.2) is 60.1 Å². The monoisotopic (exact) mass is 395 g/mol. The minimum Gasteiger partial charge on any atom is -0.496 e. The first-order chi connectivity index (χ1) is 14.0. The maximum Gasteiger partial charge on any atom is 0.127 e. The molecule has 0 saturated heterocycles. The van der Waals surface area contributed by atoms with Crippen LogP contribution in [0.3, 0.4) is 0 Å². The van der Waals surface area contributed by atoms with Crippen LogP contribution in [0.5, 0.6) is 5.75 Å². The Bertz CT molecular complexity index is 915. The molecule has 1 aliphatic rings. The highest BCUT2D eigenvalue weighted by Gasteiger charge is 2.23. The third-order valence-electron chi connectivity index (χ3n) is 5.14. The predicted molar refractivity (Wildman–Crippen MR) is 118 cm³/mol. The molecule has 3 rings (SSSR count). The molecule has 2 aromatic carbocycles. The summed E-state index contributed by atoms with van der Waals surface area (Å²) in [5.41, 5.74) is 4.61. The molecule has 0 radical (unpaired) electrons. The number of halogens is 1. The van der Waals surface area contributed by atoms with Gasteiger partial charge in [-0.3, -0.25) is 0 Å². The van der Waals surface area contributed by atoms with Gasteiger partial charge in [0.1, 0.15) is 17.3 Å². The van der Waals surface area contributed by atoms with E-state index < -0.39 is 0 Å². The van der Waals surface area contributed by atoms with Gasteiger partial charge in [0.2, 0.25) is 0 Å². The first kappa shape index (κ1) is 21.1. The summed E-state index contributed by atoms with van der Waals surface area (Å²) in [7, 11) is 5.67. The lowest BCUT2D eigenvalue weighted by Crippen LogP contribution is -2.16. The molecule has 0 fully saturated rings. The fourth-order valence-electron chi connectivity index (χ4n) is 3.63. The molecule has 154 valence electrons. The second-order valence-corrected chi connectivity index (χ2v) is 7.62. The highest BCUT2D eigenvalue weighted by Crippen LogP contribution is 2.41. The van der Waals surface area contributed by atoms with Crippen LogP contribution in [0, 0.1) is 6.92 Å². The molecular weight excluding hydrogens is 365 g/mol. The maximum absolute atomic E-state index is 15.0. The van der Waals surface area contributed by atoms with E-state index >= 15 is 0 Å². The highest BCUT2D eigenvalue weighted by molar-refractivity contribution is 5.85. The van der Waals surface area contributed by atoms with Crippen molar-refractivity contribution in [2.24, 2.45) is 0 Å². The lowest BCUT2D eigenvalue weighted by Gasteiger charge is -2.21. The van der Waals surface area contributed by atoms with Crippen LogP contribution < -0.4 is 4.74 Å². The summed E-state index contributed by atoms with van der Waals surface area (Å²) < 4.78 is 26.6. The van der Waals surface area contributed by atoms with Crippen molar-refractivity contribution in [3.05, 3.63) is 71.3 Å². The van der Waals surface area contributed by atoms with Gasteiger partial charge in [0, 0.05) is 18.5 Å². The standard InChI is InChI=1S/C25H30FNO2/c1-18-9-5-6-10-20(18)19-13-14-23(29-16-8-15-27(2)3)21(17-19)25-22(26)11-7-12-24(25)28-4/h5-6,9-10,12-14,17H,7-8,11,15-16H2,1-4H3. The van der Waals surface area contributed by atoms with E-state index in [1.165, 1.54) is 5.56 Å². The van der Waals surface area contributed by atoms with Crippen LogP contribution in [-0.4, -0.2) is 39.3 Å². The molecule has 0 N–H and O–H groups in total. The largest absolute Gasteiger partial charge is 0.496 e. The van der Waals surface area contributed by atoms with Gasteiger partial charge in [0.25, 0.3) is 0 Å². The number of aryl methyl sites for hydroxylation is 1. The van der Waals surface area contributed by atoms with Crippen LogP contribution in [0.4, 0.5) is 4.39 Å². The van der Waals surface area contributed by atoms with Crippen LogP contribution in [0.2, 0.25) is 0 Å². The smallest absolute Gasteiger partial charge is 0.127 e. The number of rotatable bonds is 8. The van der Waals surface area contributed by atoms with Gasteiger partial charge in [-0.15, -0.1) is 0 Å². The molecule has 3 nitrogen and oxygen atoms in total. The number of benzene rings is 2. The Balaban J connectivity index is 2.02. The van der Waals surface area contributed by atoms with Crippen LogP contribution in [0.1, 0.15) is 30.4 Å². The third-order valence-corrected chi connectivity index (χ3v) is 5.14. The van der Waals surface area contributed by atoms with E-state index in [0.29, 0.717) is 36.5 Å². The number of ether oxygens (including phenoxy) is 2. The topological polar surface area (TPSA) is 21.7 Å². The van der Waals surface area contributed by atoms with Gasteiger partial charge in [-0.1, -0.05) is 30.3 Å². The zero-order valence-corrected chi connectivity index (χ0v) is 17.8. The third kappa shape index (κ3) is 5.07. The van der Waals surface area contributed by atoms with Crippen molar-refractivity contribution in [1.29, 1.82) is 0 Å². The van der Waals surface area contributed by atoms with E-state index in [2.05, 4.69) is 24.0 Å². The van der Waals surface area contributed by atoms with Crippen LogP contribution in [-0.2, 0) is 4.74 Å². The Kier molecular flexibility index (Phi) is 7.10. The molecule has 0 atom stereocenters. The van der Waals surface area contributed by atoms with Crippen molar-refractivity contribution in [3.63, 3.8) is 0 Å². The summed E-state index contributed by atoms with van der Waals surface area (Å²) in [6, 6.07) is 14.2. The zero-order valence-electron chi connectivity index (χ0n) is 17.8. The summed E-state index contributed by atoms with van der Waals surface area (Å²) in [6.45, 7) is 3.61. The maximum atomic E-state index is 15.0. The summed E-state index contributed by atoms with van der Waals surface area (Å²) in [5, 5.41) is 0. The number of hydrogen-bond acceptors (Lipinski definition) is 3. The van der Waals surface area contributed by atoms with Crippen molar-refractivity contribution in [2.75, 3.05) is 34.4 Å². The summed E-state index contributed by atoms with van der Waals surface area (Å²) in [4.78, 5) is 2.13. The fraction of sp³-hybridized carbons (Fsp3) is 0.360. The second-order valence-electron chi connectivity index (χ2n) is 7.62. The summed E-state index contributed by atoms with van der Waals surface area (Å²) >= 11 is 0. The van der Waals surface area contributed by atoms with Gasteiger partial charge in [-0.2, -0.15) is 0 Å². The number of nitrogens with zero attached hydrogens (tertiary/aromatic N) is 1. The number of methoxy groups -OCH3 is 1. The highest BCUT2D eigenvalue weighted by atomic mass is 19.1. The Hall–Kier alpha value is -2.59. The van der Waals surface area contributed by atoms with Crippen molar-refractivity contribution < 1.29 is 13.9 Å². The molecule has 0 unspecified atom stereocenters. The summed E-state index contributed by atoms with van der Waals surface area (Å²) in [6.07, 6.45) is 3.89. The fourth-order valence-corrected chi connectivity index (χ4v) is 3.63. The van der Waals surface area contributed by atoms with E-state index in [1.807, 2.05) is 50.5 Å². The minimum atomic E-state index is -0.149. The van der Waals surface area contributed by atoms with Gasteiger partial charge in [-0.25, -0.2) is 4.39 Å². The molecule has 29 heavy (non-hydrogen) atoms. The van der Waals surface area contributed by atoms with E-state index in [1.54, 1.807) is 7.11 Å². The molecule has 0 bridgehead atoms. The van der Waals surface area contributed by atoms with Gasteiger partial charge in [0.15, 0.2) is 0 Å². The van der Waals surface area contributed by atoms with Gasteiger partial charge < -0.3 is 14.4 Å². The molecule has 0 amide bonds. The van der Waals surface area contributed by atoms with E-state index in [0.717, 1.165) is 29.7 Å². The second kappa shape index (κ2) is 9.75. The van der Waals surface area contributed by atoms with E-state index in [4.69, 9.17) is 9.47 Å². The molecule has 0 aromatic heterocycles. The Labute approximate surface area is 173 Å². The molecule has 4 heteroatoms. The molecule has 0 aliphatic heterocycles. The van der Waals surface area contributed by atoms with Crippen LogP contribution >= 0.6 is 0 Å². The van der Waals surface area contributed by atoms with Gasteiger partial charge in [0.05, 0.1) is 19.3 Å². The van der Waals surface area contributed by atoms with Crippen molar-refractivity contribution in [2.45, 2.75) is 26.2 Å². The lowest BCUT2D eigenvalue weighted by molar-refractivity contribution is 0.279. The molecule has 2 aromatic rings. The van der Waals surface area contributed by atoms with E-state index in [-0.39, 0.29) is 5.83 Å². The van der Waals surface area contributed by atoms with Crippen molar-refractivity contribution in [3.8, 4) is 16.9 Å².